The van der Waals surface area contributed by atoms with E-state index >= 15 is 0 Å². The van der Waals surface area contributed by atoms with Gasteiger partial charge >= 0.3 is 6.03 Å². The van der Waals surface area contributed by atoms with Crippen molar-refractivity contribution in [3.05, 3.63) is 53.9 Å². The Labute approximate surface area is 214 Å². The number of halogens is 2. The summed E-state index contributed by atoms with van der Waals surface area (Å²) >= 11 is 0. The van der Waals surface area contributed by atoms with E-state index in [1.54, 1.807) is 19.1 Å². The molecular weight excluding hydrogens is 480 g/mol. The summed E-state index contributed by atoms with van der Waals surface area (Å²) in [7, 11) is 3.28. The molecule has 2 fully saturated rings. The molecule has 1 aromatic heterocycles. The Kier molecular flexibility index (Phi) is 7.10. The number of ether oxygens (including phenoxy) is 1. The highest BCUT2D eigenvalue weighted by molar-refractivity contribution is 5.95. The van der Waals surface area contributed by atoms with Gasteiger partial charge in [-0.1, -0.05) is 0 Å². The predicted octanol–water partition coefficient (Wildman–Crippen LogP) is 5.45. The molecule has 1 atom stereocenters. The van der Waals surface area contributed by atoms with Gasteiger partial charge in [-0.05, 0) is 68.9 Å². The smallest absolute Gasteiger partial charge is 0.318 e. The van der Waals surface area contributed by atoms with Crippen LogP contribution in [-0.4, -0.2) is 41.8 Å². The predicted molar refractivity (Wildman–Crippen MR) is 137 cm³/mol. The minimum Gasteiger partial charge on any atom is -0.381 e. The molecule has 1 unspecified atom stereocenters. The van der Waals surface area contributed by atoms with Crippen molar-refractivity contribution in [3.8, 4) is 0 Å². The second kappa shape index (κ2) is 10.5. The number of rotatable bonds is 5. The Bertz CT molecular complexity index is 1320. The topological polar surface area (TPSA) is 88.5 Å². The molecule has 3 amide bonds. The Morgan fingerprint density at radius 2 is 1.84 bits per heavy atom. The fourth-order valence-corrected chi connectivity index (χ4v) is 5.62. The summed E-state index contributed by atoms with van der Waals surface area (Å²) < 4.78 is 35.7. The number of imidazole rings is 1. The van der Waals surface area contributed by atoms with Crippen LogP contribution in [-0.2, 0) is 9.53 Å². The Balaban J connectivity index is 1.61. The van der Waals surface area contributed by atoms with Crippen LogP contribution < -0.4 is 15.5 Å². The van der Waals surface area contributed by atoms with Crippen LogP contribution in [0.5, 0.6) is 0 Å². The first-order valence-corrected chi connectivity index (χ1v) is 12.7. The molecule has 2 aliphatic rings. The summed E-state index contributed by atoms with van der Waals surface area (Å²) in [5.74, 6) is -1.38. The van der Waals surface area contributed by atoms with Crippen molar-refractivity contribution in [1.82, 2.24) is 14.9 Å². The van der Waals surface area contributed by atoms with E-state index in [2.05, 4.69) is 15.2 Å². The number of urea groups is 1. The molecule has 2 N–H and O–H groups in total. The lowest BCUT2D eigenvalue weighted by atomic mass is 9.92. The first kappa shape index (κ1) is 25.1. The molecule has 1 saturated carbocycles. The number of hydrogen-bond donors (Lipinski definition) is 2. The SMILES string of the molecule is CNC(=O)Nc1ccc2c(c1)nc(C1CCCC(=O)N1c1ccc(F)c(F)c1)n2C1CCC(OC)CC1. The number of methoxy groups -OCH3 is 1. The van der Waals surface area contributed by atoms with Crippen molar-refractivity contribution >= 4 is 34.3 Å². The Hall–Kier alpha value is -3.53. The van der Waals surface area contributed by atoms with Crippen LogP contribution in [0, 0.1) is 11.6 Å². The molecule has 10 heteroatoms. The van der Waals surface area contributed by atoms with E-state index < -0.39 is 17.7 Å². The molecule has 0 bridgehead atoms. The molecule has 2 aromatic carbocycles. The number of nitrogens with one attached hydrogen (secondary N) is 2. The fourth-order valence-electron chi connectivity index (χ4n) is 5.62. The number of nitrogens with zero attached hydrogens (tertiary/aromatic N) is 3. The van der Waals surface area contributed by atoms with E-state index in [0.29, 0.717) is 42.0 Å². The van der Waals surface area contributed by atoms with Crippen LogP contribution in [0.3, 0.4) is 0 Å². The van der Waals surface area contributed by atoms with Gasteiger partial charge < -0.3 is 24.8 Å². The maximum Gasteiger partial charge on any atom is 0.318 e. The summed E-state index contributed by atoms with van der Waals surface area (Å²) in [6.07, 6.45) is 5.46. The average molecular weight is 512 g/mol. The van der Waals surface area contributed by atoms with Crippen LogP contribution in [0.4, 0.5) is 25.0 Å². The van der Waals surface area contributed by atoms with Crippen molar-refractivity contribution in [2.24, 2.45) is 0 Å². The van der Waals surface area contributed by atoms with Crippen LogP contribution in [0.15, 0.2) is 36.4 Å². The van der Waals surface area contributed by atoms with E-state index in [1.807, 2.05) is 18.2 Å². The largest absolute Gasteiger partial charge is 0.381 e. The quantitative estimate of drug-likeness (QED) is 0.477. The van der Waals surface area contributed by atoms with Gasteiger partial charge in [-0.3, -0.25) is 4.79 Å². The highest BCUT2D eigenvalue weighted by Crippen LogP contribution is 2.41. The number of fused-ring (bicyclic) bond motifs is 1. The van der Waals surface area contributed by atoms with E-state index in [1.165, 1.54) is 6.07 Å². The van der Waals surface area contributed by atoms with E-state index in [9.17, 15) is 18.4 Å². The van der Waals surface area contributed by atoms with Crippen molar-refractivity contribution in [3.63, 3.8) is 0 Å². The Morgan fingerprint density at radius 1 is 1.05 bits per heavy atom. The number of benzene rings is 2. The van der Waals surface area contributed by atoms with Gasteiger partial charge in [0.25, 0.3) is 0 Å². The third kappa shape index (κ3) is 4.90. The van der Waals surface area contributed by atoms with Crippen LogP contribution >= 0.6 is 0 Å². The minimum absolute atomic E-state index is 0.146. The van der Waals surface area contributed by atoms with Crippen LogP contribution in [0.2, 0.25) is 0 Å². The highest BCUT2D eigenvalue weighted by Gasteiger charge is 2.36. The van der Waals surface area contributed by atoms with Gasteiger partial charge in [0, 0.05) is 44.1 Å². The van der Waals surface area contributed by atoms with Crippen molar-refractivity contribution in [2.75, 3.05) is 24.4 Å². The number of carbonyl (C=O) groups is 2. The summed E-state index contributed by atoms with van der Waals surface area (Å²) in [5.41, 5.74) is 2.52. The fraction of sp³-hybridized carbons (Fsp3) is 0.444. The number of piperidine rings is 1. The molecule has 5 rings (SSSR count). The molecule has 37 heavy (non-hydrogen) atoms. The highest BCUT2D eigenvalue weighted by atomic mass is 19.2. The molecule has 1 saturated heterocycles. The Morgan fingerprint density at radius 3 is 2.54 bits per heavy atom. The van der Waals surface area contributed by atoms with E-state index in [0.717, 1.165) is 43.3 Å². The van der Waals surface area contributed by atoms with E-state index in [-0.39, 0.29) is 24.1 Å². The summed E-state index contributed by atoms with van der Waals surface area (Å²) in [4.78, 5) is 31.6. The lowest BCUT2D eigenvalue weighted by Crippen LogP contribution is -2.40. The monoisotopic (exact) mass is 511 g/mol. The lowest BCUT2D eigenvalue weighted by molar-refractivity contribution is -0.120. The zero-order valence-electron chi connectivity index (χ0n) is 21.0. The van der Waals surface area contributed by atoms with Gasteiger partial charge in [0.1, 0.15) is 5.82 Å². The van der Waals surface area contributed by atoms with Crippen molar-refractivity contribution < 1.29 is 23.1 Å². The normalized spacial score (nSPS) is 22.3. The lowest BCUT2D eigenvalue weighted by Gasteiger charge is -2.37. The van der Waals surface area contributed by atoms with Crippen LogP contribution in [0.1, 0.15) is 62.9 Å². The van der Waals surface area contributed by atoms with Gasteiger partial charge in [-0.15, -0.1) is 0 Å². The number of anilines is 2. The maximum atomic E-state index is 14.2. The summed E-state index contributed by atoms with van der Waals surface area (Å²) in [6.45, 7) is 0. The summed E-state index contributed by atoms with van der Waals surface area (Å²) in [5, 5.41) is 5.32. The zero-order valence-corrected chi connectivity index (χ0v) is 21.0. The minimum atomic E-state index is -0.995. The first-order valence-electron chi connectivity index (χ1n) is 12.7. The van der Waals surface area contributed by atoms with Crippen molar-refractivity contribution in [1.29, 1.82) is 0 Å². The van der Waals surface area contributed by atoms with Gasteiger partial charge in [0.2, 0.25) is 5.91 Å². The van der Waals surface area contributed by atoms with Gasteiger partial charge in [0.05, 0.1) is 23.2 Å². The molecule has 3 aromatic rings. The molecule has 0 spiro atoms. The third-order valence-electron chi connectivity index (χ3n) is 7.47. The number of amides is 3. The number of hydrogen-bond acceptors (Lipinski definition) is 4. The molecule has 8 nitrogen and oxygen atoms in total. The zero-order chi connectivity index (χ0) is 26.1. The standard InChI is InChI=1S/C27H31F2N5O3/c1-30-27(36)31-16-6-13-23-22(14-16)32-26(34(23)17-7-10-19(37-2)11-8-17)24-4-3-5-25(35)33(24)18-9-12-20(28)21(29)15-18/h6,9,12-15,17,19,24H,3-5,7-8,10-11H2,1-2H3,(H2,30,31,36). The van der Waals surface area contributed by atoms with E-state index in [4.69, 9.17) is 9.72 Å². The number of carbonyl (C=O) groups excluding carboxylic acids is 2. The molecular formula is C27H31F2N5O3. The van der Waals surface area contributed by atoms with Crippen LogP contribution in [0.25, 0.3) is 11.0 Å². The molecule has 1 aliphatic carbocycles. The maximum absolute atomic E-state index is 14.2. The molecule has 1 aliphatic heterocycles. The van der Waals surface area contributed by atoms with Gasteiger partial charge in [-0.2, -0.15) is 0 Å². The second-order valence-corrected chi connectivity index (χ2v) is 9.68. The molecule has 0 radical (unpaired) electrons. The average Bonchev–Trinajstić information content (AvgIpc) is 3.28. The number of aromatic nitrogens is 2. The summed E-state index contributed by atoms with van der Waals surface area (Å²) in [6, 6.07) is 8.53. The van der Waals surface area contributed by atoms with Crippen molar-refractivity contribution in [2.45, 2.75) is 63.1 Å². The molecule has 196 valence electrons. The third-order valence-corrected chi connectivity index (χ3v) is 7.47. The second-order valence-electron chi connectivity index (χ2n) is 9.68. The van der Waals surface area contributed by atoms with Gasteiger partial charge in [0.15, 0.2) is 11.6 Å². The first-order chi connectivity index (χ1) is 17.9. The molecule has 2 heterocycles. The van der Waals surface area contributed by atoms with Gasteiger partial charge in [-0.25, -0.2) is 18.6 Å².